The molecule has 1 aromatic carbocycles. The molecule has 1 unspecified atom stereocenters. The van der Waals surface area contributed by atoms with Crippen molar-refractivity contribution in [1.82, 2.24) is 21.3 Å². The number of anilines is 1. The van der Waals surface area contributed by atoms with Crippen LogP contribution in [0.3, 0.4) is 0 Å². The number of benzene rings is 1. The lowest BCUT2D eigenvalue weighted by Gasteiger charge is -2.19. The van der Waals surface area contributed by atoms with Crippen molar-refractivity contribution in [3.63, 3.8) is 0 Å². The van der Waals surface area contributed by atoms with Gasteiger partial charge in [0.25, 0.3) is 0 Å². The second kappa shape index (κ2) is 19.4. The summed E-state index contributed by atoms with van der Waals surface area (Å²) in [5, 5.41) is 14.0. The number of hydrogen-bond donors (Lipinski definition) is 5. The molecule has 0 heterocycles. The molecule has 0 radical (unpaired) electrons. The second-order valence-electron chi connectivity index (χ2n) is 10.6. The maximum Gasteiger partial charge on any atom is 0.314 e. The smallest absolute Gasteiger partial charge is 0.314 e. The van der Waals surface area contributed by atoms with Gasteiger partial charge in [-0.3, -0.25) is 19.2 Å². The lowest BCUT2D eigenvalue weighted by atomic mass is 9.90. The van der Waals surface area contributed by atoms with E-state index < -0.39 is 11.8 Å². The second-order valence-corrected chi connectivity index (χ2v) is 10.6. The molecule has 0 aliphatic heterocycles. The van der Waals surface area contributed by atoms with E-state index in [9.17, 15) is 24.0 Å². The van der Waals surface area contributed by atoms with Crippen LogP contribution in [0.25, 0.3) is 0 Å². The van der Waals surface area contributed by atoms with Gasteiger partial charge in [-0.1, -0.05) is 13.3 Å². The highest BCUT2D eigenvalue weighted by Crippen LogP contribution is 2.26. The Kier molecular flexibility index (Phi) is 15.9. The van der Waals surface area contributed by atoms with Gasteiger partial charge in [-0.2, -0.15) is 0 Å². The fraction of sp³-hybridized carbons (Fsp3) is 0.581. The first-order valence-corrected chi connectivity index (χ1v) is 14.9. The number of hydrogen-bond acceptors (Lipinski definition) is 7. The number of unbranched alkanes of at least 4 members (excludes halogenated alkanes) is 1. The van der Waals surface area contributed by atoms with Crippen molar-refractivity contribution >= 4 is 35.1 Å². The van der Waals surface area contributed by atoms with Crippen LogP contribution in [0, 0.1) is 5.92 Å². The van der Waals surface area contributed by atoms with E-state index in [1.54, 1.807) is 31.2 Å². The molecule has 4 amide bonds. The third kappa shape index (κ3) is 13.3. The molecular formula is C31H47N5O6. The van der Waals surface area contributed by atoms with Crippen molar-refractivity contribution in [3.8, 4) is 0 Å². The predicted octanol–water partition coefficient (Wildman–Crippen LogP) is 3.46. The van der Waals surface area contributed by atoms with Crippen LogP contribution in [0.15, 0.2) is 35.5 Å². The molecule has 11 nitrogen and oxygen atoms in total. The molecular weight excluding hydrogens is 538 g/mol. The minimum atomic E-state index is -0.449. The third-order valence-electron chi connectivity index (χ3n) is 7.16. The minimum Gasteiger partial charge on any atom is -0.391 e. The average molecular weight is 586 g/mol. The number of Topliss-reactive ketones (excluding diaryl/α,β-unsaturated/α-hetero) is 2. The van der Waals surface area contributed by atoms with Gasteiger partial charge >= 0.3 is 6.03 Å². The highest BCUT2D eigenvalue weighted by atomic mass is 16.5. The van der Waals surface area contributed by atoms with E-state index in [2.05, 4.69) is 26.6 Å². The molecule has 11 heteroatoms. The van der Waals surface area contributed by atoms with Crippen molar-refractivity contribution in [2.75, 3.05) is 45.2 Å². The Bertz CT molecular complexity index is 1090. The first kappa shape index (κ1) is 34.5. The lowest BCUT2D eigenvalue weighted by molar-refractivity contribution is -0.127. The van der Waals surface area contributed by atoms with Gasteiger partial charge in [0.05, 0.1) is 6.61 Å². The Hall–Kier alpha value is -3.73. The molecule has 1 aromatic rings. The van der Waals surface area contributed by atoms with Gasteiger partial charge in [0.1, 0.15) is 12.2 Å². The molecule has 232 valence electrons. The average Bonchev–Trinajstić information content (AvgIpc) is 2.98. The quantitative estimate of drug-likeness (QED) is 0.0946. The van der Waals surface area contributed by atoms with Crippen molar-refractivity contribution in [1.29, 1.82) is 0 Å². The van der Waals surface area contributed by atoms with Gasteiger partial charge in [-0.25, -0.2) is 4.79 Å². The van der Waals surface area contributed by atoms with Crippen LogP contribution in [0.5, 0.6) is 0 Å². The number of amides is 4. The van der Waals surface area contributed by atoms with E-state index in [4.69, 9.17) is 4.74 Å². The Morgan fingerprint density at radius 2 is 1.52 bits per heavy atom. The zero-order valence-corrected chi connectivity index (χ0v) is 25.2. The van der Waals surface area contributed by atoms with Crippen LogP contribution in [-0.2, 0) is 19.1 Å². The molecule has 1 aliphatic carbocycles. The van der Waals surface area contributed by atoms with Gasteiger partial charge in [0.2, 0.25) is 11.8 Å². The van der Waals surface area contributed by atoms with Crippen molar-refractivity contribution in [2.45, 2.75) is 71.6 Å². The normalized spacial score (nSPS) is 13.6. The summed E-state index contributed by atoms with van der Waals surface area (Å²) in [6.45, 7) is 5.52. The summed E-state index contributed by atoms with van der Waals surface area (Å²) < 4.78 is 5.46. The lowest BCUT2D eigenvalue weighted by Crippen LogP contribution is -2.37. The van der Waals surface area contributed by atoms with E-state index in [1.807, 2.05) is 14.0 Å². The predicted molar refractivity (Wildman–Crippen MR) is 162 cm³/mol. The molecule has 0 saturated carbocycles. The zero-order valence-electron chi connectivity index (χ0n) is 25.2. The van der Waals surface area contributed by atoms with E-state index in [0.717, 1.165) is 56.2 Å². The highest BCUT2D eigenvalue weighted by molar-refractivity contribution is 6.09. The zero-order chi connectivity index (χ0) is 30.7. The number of ether oxygens (including phenoxy) is 1. The molecule has 5 N–H and O–H groups in total. The molecule has 0 aromatic heterocycles. The summed E-state index contributed by atoms with van der Waals surface area (Å²) in [5.74, 6) is -0.606. The van der Waals surface area contributed by atoms with Crippen molar-refractivity contribution in [2.24, 2.45) is 5.92 Å². The standard InChI is InChI=1S/C31H47N5O6/c1-22(23(2)37)9-6-7-16-34-31(41)35-17-8-19-42-20-18-33-28(38)21-29(39)36-25-14-12-24(13-15-25)30(40)26-10-4-5-11-27(26)32-3/h12-15,22,32H,4-11,16-21H2,1-3H3,(H,33,38)(H,36,39)(H2,34,35,41). The first-order chi connectivity index (χ1) is 20.2. The number of carbonyl (C=O) groups is 5. The first-order valence-electron chi connectivity index (χ1n) is 14.9. The van der Waals surface area contributed by atoms with E-state index in [-0.39, 0.29) is 36.5 Å². The number of carbonyl (C=O) groups excluding carboxylic acids is 5. The van der Waals surface area contributed by atoms with Crippen LogP contribution in [0.1, 0.15) is 82.0 Å². The molecule has 0 saturated heterocycles. The molecule has 0 fully saturated rings. The summed E-state index contributed by atoms with van der Waals surface area (Å²) >= 11 is 0. The number of rotatable bonds is 19. The van der Waals surface area contributed by atoms with Crippen LogP contribution < -0.4 is 26.6 Å². The van der Waals surface area contributed by atoms with Gasteiger partial charge in [-0.05, 0) is 76.1 Å². The van der Waals surface area contributed by atoms with Gasteiger partial charge in [0, 0.05) is 61.7 Å². The molecule has 0 bridgehead atoms. The van der Waals surface area contributed by atoms with E-state index in [1.165, 1.54) is 0 Å². The molecule has 2 rings (SSSR count). The highest BCUT2D eigenvalue weighted by Gasteiger charge is 2.20. The van der Waals surface area contributed by atoms with Crippen LogP contribution in [0.2, 0.25) is 0 Å². The summed E-state index contributed by atoms with van der Waals surface area (Å²) in [5.41, 5.74) is 2.90. The fourth-order valence-corrected chi connectivity index (χ4v) is 4.51. The summed E-state index contributed by atoms with van der Waals surface area (Å²) in [7, 11) is 1.84. The van der Waals surface area contributed by atoms with Crippen LogP contribution in [0.4, 0.5) is 10.5 Å². The summed E-state index contributed by atoms with van der Waals surface area (Å²) in [4.78, 5) is 60.2. The molecule has 42 heavy (non-hydrogen) atoms. The largest absolute Gasteiger partial charge is 0.391 e. The van der Waals surface area contributed by atoms with Gasteiger partial charge < -0.3 is 31.3 Å². The Morgan fingerprint density at radius 1 is 0.833 bits per heavy atom. The molecule has 0 spiro atoms. The maximum atomic E-state index is 12.9. The number of allylic oxidation sites excluding steroid dienone is 2. The fourth-order valence-electron chi connectivity index (χ4n) is 4.51. The number of ketones is 2. The number of urea groups is 1. The summed E-state index contributed by atoms with van der Waals surface area (Å²) in [6.07, 6.45) is 6.56. The molecule has 1 atom stereocenters. The van der Waals surface area contributed by atoms with Crippen LogP contribution >= 0.6 is 0 Å². The Morgan fingerprint density at radius 3 is 2.21 bits per heavy atom. The Labute approximate surface area is 249 Å². The SMILES string of the molecule is CNC1=C(C(=O)c2ccc(NC(=O)CC(=O)NCCOCCCNC(=O)NCCCCC(C)C(C)=O)cc2)CCCC1. The van der Waals surface area contributed by atoms with Gasteiger partial charge in [-0.15, -0.1) is 0 Å². The van der Waals surface area contributed by atoms with E-state index in [0.29, 0.717) is 44.0 Å². The molecule has 1 aliphatic rings. The van der Waals surface area contributed by atoms with Gasteiger partial charge in [0.15, 0.2) is 5.78 Å². The topological polar surface area (TPSA) is 155 Å². The van der Waals surface area contributed by atoms with Crippen molar-refractivity contribution in [3.05, 3.63) is 41.1 Å². The maximum absolute atomic E-state index is 12.9. The third-order valence-corrected chi connectivity index (χ3v) is 7.16. The minimum absolute atomic E-state index is 0.000270. The van der Waals surface area contributed by atoms with Crippen molar-refractivity contribution < 1.29 is 28.7 Å². The monoisotopic (exact) mass is 585 g/mol. The van der Waals surface area contributed by atoms with Crippen LogP contribution in [-0.4, -0.2) is 69.3 Å². The Balaban J connectivity index is 1.51. The van der Waals surface area contributed by atoms with E-state index >= 15 is 0 Å². The summed E-state index contributed by atoms with van der Waals surface area (Å²) in [6, 6.07) is 6.47. The number of nitrogens with one attached hydrogen (secondary N) is 5.